The van der Waals surface area contributed by atoms with Gasteiger partial charge in [0.2, 0.25) is 6.41 Å². The number of amides is 2. The van der Waals surface area contributed by atoms with Gasteiger partial charge in [-0.2, -0.15) is 0 Å². The predicted molar refractivity (Wildman–Crippen MR) is 87.9 cm³/mol. The van der Waals surface area contributed by atoms with Gasteiger partial charge < -0.3 is 15.1 Å². The lowest BCUT2D eigenvalue weighted by Crippen LogP contribution is -2.48. The van der Waals surface area contributed by atoms with E-state index in [4.69, 9.17) is 0 Å². The molecule has 0 saturated carbocycles. The van der Waals surface area contributed by atoms with E-state index in [2.05, 4.69) is 15.3 Å². The molecule has 0 radical (unpaired) electrons. The van der Waals surface area contributed by atoms with Crippen LogP contribution in [-0.2, 0) is 4.79 Å². The zero-order chi connectivity index (χ0) is 16.2. The Morgan fingerprint density at radius 2 is 2.04 bits per heavy atom. The molecule has 0 unspecified atom stereocenters. The summed E-state index contributed by atoms with van der Waals surface area (Å²) in [6, 6.07) is 5.69. The van der Waals surface area contributed by atoms with Crippen molar-refractivity contribution in [3.63, 3.8) is 0 Å². The number of hydrogen-bond donors (Lipinski definition) is 1. The number of nitrogens with zero attached hydrogens (tertiary/aromatic N) is 4. The summed E-state index contributed by atoms with van der Waals surface area (Å²) in [5.74, 6) is 0.606. The molecule has 23 heavy (non-hydrogen) atoms. The van der Waals surface area contributed by atoms with E-state index in [1.54, 1.807) is 15.2 Å². The van der Waals surface area contributed by atoms with Gasteiger partial charge in [-0.05, 0) is 19.1 Å². The van der Waals surface area contributed by atoms with Crippen molar-refractivity contribution in [2.75, 3.05) is 31.5 Å². The van der Waals surface area contributed by atoms with Gasteiger partial charge in [0, 0.05) is 37.3 Å². The van der Waals surface area contributed by atoms with Crippen molar-refractivity contribution in [3.8, 4) is 0 Å². The Morgan fingerprint density at radius 3 is 2.74 bits per heavy atom. The standard InChI is InChI=1S/C15H17N5O2S/c1-11-3-2-4-13(16-11)18-15-17-12(9-23-15)14(22)20-7-5-19(10-21)6-8-20/h2-4,9-10H,5-8H2,1H3,(H,16,17,18). The highest BCUT2D eigenvalue weighted by Crippen LogP contribution is 2.21. The average molecular weight is 331 g/mol. The van der Waals surface area contributed by atoms with Crippen molar-refractivity contribution in [2.24, 2.45) is 0 Å². The van der Waals surface area contributed by atoms with Gasteiger partial charge in [0.15, 0.2) is 5.13 Å². The van der Waals surface area contributed by atoms with Crippen molar-refractivity contribution < 1.29 is 9.59 Å². The number of pyridine rings is 1. The number of piperazine rings is 1. The zero-order valence-corrected chi connectivity index (χ0v) is 13.5. The molecular weight excluding hydrogens is 314 g/mol. The molecule has 2 aromatic heterocycles. The van der Waals surface area contributed by atoms with Crippen molar-refractivity contribution >= 4 is 34.6 Å². The normalized spacial score (nSPS) is 14.7. The van der Waals surface area contributed by atoms with E-state index in [0.29, 0.717) is 42.8 Å². The van der Waals surface area contributed by atoms with Gasteiger partial charge in [0.05, 0.1) is 0 Å². The van der Waals surface area contributed by atoms with Gasteiger partial charge in [-0.1, -0.05) is 6.07 Å². The number of rotatable bonds is 4. The molecule has 0 spiro atoms. The van der Waals surface area contributed by atoms with Crippen LogP contribution in [0.25, 0.3) is 0 Å². The summed E-state index contributed by atoms with van der Waals surface area (Å²) in [6.45, 7) is 4.13. The molecule has 1 saturated heterocycles. The fourth-order valence-corrected chi connectivity index (χ4v) is 3.04. The molecule has 3 heterocycles. The molecule has 0 aromatic carbocycles. The van der Waals surface area contributed by atoms with Crippen LogP contribution in [0.4, 0.5) is 10.9 Å². The number of anilines is 2. The highest BCUT2D eigenvalue weighted by atomic mass is 32.1. The highest BCUT2D eigenvalue weighted by Gasteiger charge is 2.23. The number of aryl methyl sites for hydroxylation is 1. The largest absolute Gasteiger partial charge is 0.342 e. The molecule has 0 bridgehead atoms. The van der Waals surface area contributed by atoms with Crippen LogP contribution < -0.4 is 5.32 Å². The minimum absolute atomic E-state index is 0.1000. The van der Waals surface area contributed by atoms with E-state index in [1.165, 1.54) is 11.3 Å². The molecular formula is C15H17N5O2S. The average Bonchev–Trinajstić information content (AvgIpc) is 3.03. The third kappa shape index (κ3) is 3.65. The molecule has 1 N–H and O–H groups in total. The molecule has 2 aromatic rings. The zero-order valence-electron chi connectivity index (χ0n) is 12.7. The molecule has 1 fully saturated rings. The molecule has 8 heteroatoms. The van der Waals surface area contributed by atoms with Gasteiger partial charge in [-0.25, -0.2) is 9.97 Å². The number of nitrogens with one attached hydrogen (secondary N) is 1. The first-order chi connectivity index (χ1) is 11.2. The van der Waals surface area contributed by atoms with Crippen LogP contribution in [0.5, 0.6) is 0 Å². The van der Waals surface area contributed by atoms with Crippen molar-refractivity contribution in [1.82, 2.24) is 19.8 Å². The molecule has 7 nitrogen and oxygen atoms in total. The summed E-state index contributed by atoms with van der Waals surface area (Å²) in [6.07, 6.45) is 0.821. The smallest absolute Gasteiger partial charge is 0.273 e. The van der Waals surface area contributed by atoms with Crippen LogP contribution in [0.1, 0.15) is 16.2 Å². The van der Waals surface area contributed by atoms with Gasteiger partial charge in [0.1, 0.15) is 11.5 Å². The Kier molecular flexibility index (Phi) is 4.52. The third-order valence-corrected chi connectivity index (χ3v) is 4.35. The lowest BCUT2D eigenvalue weighted by atomic mass is 10.3. The van der Waals surface area contributed by atoms with Crippen molar-refractivity contribution in [1.29, 1.82) is 0 Å². The van der Waals surface area contributed by atoms with E-state index in [9.17, 15) is 9.59 Å². The first kappa shape index (κ1) is 15.4. The Morgan fingerprint density at radius 1 is 1.26 bits per heavy atom. The molecule has 0 atom stereocenters. The summed E-state index contributed by atoms with van der Waals surface area (Å²) in [4.78, 5) is 35.2. The SMILES string of the molecule is Cc1cccc(Nc2nc(C(=O)N3CCN(C=O)CC3)cs2)n1. The number of aromatic nitrogens is 2. The molecule has 0 aliphatic carbocycles. The van der Waals surface area contributed by atoms with Crippen LogP contribution in [0.15, 0.2) is 23.6 Å². The van der Waals surface area contributed by atoms with Gasteiger partial charge in [-0.15, -0.1) is 11.3 Å². The second-order valence-corrected chi connectivity index (χ2v) is 6.12. The fourth-order valence-electron chi connectivity index (χ4n) is 2.34. The van der Waals surface area contributed by atoms with E-state index < -0.39 is 0 Å². The molecule has 2 amide bonds. The van der Waals surface area contributed by atoms with Crippen LogP contribution >= 0.6 is 11.3 Å². The van der Waals surface area contributed by atoms with Crippen LogP contribution in [-0.4, -0.2) is 58.3 Å². The Hall–Kier alpha value is -2.48. The van der Waals surface area contributed by atoms with Crippen LogP contribution in [0.3, 0.4) is 0 Å². The van der Waals surface area contributed by atoms with Crippen molar-refractivity contribution in [2.45, 2.75) is 6.92 Å². The van der Waals surface area contributed by atoms with E-state index in [1.807, 2.05) is 25.1 Å². The summed E-state index contributed by atoms with van der Waals surface area (Å²) >= 11 is 1.37. The topological polar surface area (TPSA) is 78.4 Å². The number of carbonyl (C=O) groups is 2. The Labute approximate surface area is 138 Å². The first-order valence-electron chi connectivity index (χ1n) is 7.30. The van der Waals surface area contributed by atoms with E-state index in [0.717, 1.165) is 12.1 Å². The highest BCUT2D eigenvalue weighted by molar-refractivity contribution is 7.14. The monoisotopic (exact) mass is 331 g/mol. The minimum Gasteiger partial charge on any atom is -0.342 e. The summed E-state index contributed by atoms with van der Waals surface area (Å²) in [5.41, 5.74) is 1.33. The lowest BCUT2D eigenvalue weighted by Gasteiger charge is -2.32. The maximum atomic E-state index is 12.4. The van der Waals surface area contributed by atoms with Crippen molar-refractivity contribution in [3.05, 3.63) is 35.0 Å². The summed E-state index contributed by atoms with van der Waals surface area (Å²) < 4.78 is 0. The predicted octanol–water partition coefficient (Wildman–Crippen LogP) is 1.50. The van der Waals surface area contributed by atoms with Crippen LogP contribution in [0.2, 0.25) is 0 Å². The number of hydrogen-bond acceptors (Lipinski definition) is 6. The third-order valence-electron chi connectivity index (χ3n) is 3.60. The summed E-state index contributed by atoms with van der Waals surface area (Å²) in [7, 11) is 0. The second-order valence-electron chi connectivity index (χ2n) is 5.26. The van der Waals surface area contributed by atoms with E-state index in [-0.39, 0.29) is 5.91 Å². The molecule has 1 aliphatic rings. The number of carbonyl (C=O) groups excluding carboxylic acids is 2. The maximum absolute atomic E-state index is 12.4. The number of thiazole rings is 1. The maximum Gasteiger partial charge on any atom is 0.273 e. The van der Waals surface area contributed by atoms with Crippen LogP contribution in [0, 0.1) is 6.92 Å². The lowest BCUT2D eigenvalue weighted by molar-refractivity contribution is -0.119. The molecule has 1 aliphatic heterocycles. The minimum atomic E-state index is -0.1000. The molecule has 3 rings (SSSR count). The first-order valence-corrected chi connectivity index (χ1v) is 8.18. The molecule has 120 valence electrons. The fraction of sp³-hybridized carbons (Fsp3) is 0.333. The second kappa shape index (κ2) is 6.74. The van der Waals surface area contributed by atoms with Gasteiger partial charge in [-0.3, -0.25) is 9.59 Å². The van der Waals surface area contributed by atoms with E-state index >= 15 is 0 Å². The van der Waals surface area contributed by atoms with Gasteiger partial charge >= 0.3 is 0 Å². The van der Waals surface area contributed by atoms with Gasteiger partial charge in [0.25, 0.3) is 5.91 Å². The summed E-state index contributed by atoms with van der Waals surface area (Å²) in [5, 5.41) is 5.49. The Balaban J connectivity index is 1.64. The Bertz CT molecular complexity index is 709. The quantitative estimate of drug-likeness (QED) is 0.859.